The number of aryl methyl sites for hydroxylation is 1. The van der Waals surface area contributed by atoms with Crippen LogP contribution in [0.25, 0.3) is 0 Å². The largest absolute Gasteiger partial charge is 0.490 e. The lowest BCUT2D eigenvalue weighted by Gasteiger charge is -2.46. The van der Waals surface area contributed by atoms with Gasteiger partial charge in [0.2, 0.25) is 5.91 Å². The molecule has 1 N–H and O–H groups in total. The molecule has 1 atom stereocenters. The third-order valence-electron chi connectivity index (χ3n) is 6.03. The highest BCUT2D eigenvalue weighted by atomic mass is 32.1. The third-order valence-corrected chi connectivity index (χ3v) is 6.71. The number of amides is 2. The Hall–Kier alpha value is -2.99. The van der Waals surface area contributed by atoms with Crippen LogP contribution >= 0.6 is 11.3 Å². The number of carbonyl (C=O) groups excluding carboxylic acids is 2. The molecule has 2 amide bonds. The lowest BCUT2D eigenvalue weighted by atomic mass is 9.93. The van der Waals surface area contributed by atoms with E-state index in [-0.39, 0.29) is 23.2 Å². The molecule has 1 unspecified atom stereocenters. The van der Waals surface area contributed by atoms with E-state index in [0.29, 0.717) is 37.3 Å². The maximum absolute atomic E-state index is 13.9. The van der Waals surface area contributed by atoms with Crippen molar-refractivity contribution in [2.75, 3.05) is 38.1 Å². The van der Waals surface area contributed by atoms with Gasteiger partial charge in [0.25, 0.3) is 5.91 Å². The summed E-state index contributed by atoms with van der Waals surface area (Å²) in [4.78, 5) is 40.0. The van der Waals surface area contributed by atoms with Crippen molar-refractivity contribution in [3.05, 3.63) is 52.0 Å². The summed E-state index contributed by atoms with van der Waals surface area (Å²) in [5.74, 6) is -3.20. The van der Waals surface area contributed by atoms with Crippen molar-refractivity contribution in [3.63, 3.8) is 0 Å². The van der Waals surface area contributed by atoms with Gasteiger partial charge in [-0.15, -0.1) is 0 Å². The van der Waals surface area contributed by atoms with E-state index in [1.54, 1.807) is 35.3 Å². The first kappa shape index (κ1) is 25.6. The average Bonchev–Trinajstić information content (AvgIpc) is 3.43. The quantitative estimate of drug-likeness (QED) is 0.639. The normalized spacial score (nSPS) is 20.9. The Morgan fingerprint density at radius 3 is 2.41 bits per heavy atom. The molecule has 2 saturated heterocycles. The summed E-state index contributed by atoms with van der Waals surface area (Å²) in [6.07, 6.45) is -4.29. The van der Waals surface area contributed by atoms with Crippen LogP contribution in [0, 0.1) is 12.7 Å². The summed E-state index contributed by atoms with van der Waals surface area (Å²) in [5.41, 5.74) is 1.55. The summed E-state index contributed by atoms with van der Waals surface area (Å²) in [7, 11) is 1.95. The van der Waals surface area contributed by atoms with Crippen LogP contribution in [0.1, 0.15) is 22.3 Å². The molecule has 4 rings (SSSR count). The number of nitrogens with zero attached hydrogens (tertiary/aromatic N) is 3. The highest BCUT2D eigenvalue weighted by molar-refractivity contribution is 7.08. The Morgan fingerprint density at radius 1 is 1.18 bits per heavy atom. The lowest BCUT2D eigenvalue weighted by molar-refractivity contribution is -0.192. The molecule has 12 heteroatoms. The van der Waals surface area contributed by atoms with Crippen LogP contribution in [0.3, 0.4) is 0 Å². The SMILES string of the molecule is Cc1ccc(C(=O)N2CCC3(C2)CN(c2ccsc2)C(=O)CN3C)cc1F.O=C(O)C(F)(F)F. The molecule has 2 fully saturated rings. The first-order chi connectivity index (χ1) is 15.8. The summed E-state index contributed by atoms with van der Waals surface area (Å²) in [5, 5.41) is 11.1. The van der Waals surface area contributed by atoms with Gasteiger partial charge in [-0.05, 0) is 49.5 Å². The number of carboxylic acids is 1. The number of likely N-dealkylation sites (tertiary alicyclic amines) is 1. The zero-order valence-corrected chi connectivity index (χ0v) is 19.2. The van der Waals surface area contributed by atoms with Crippen LogP contribution in [0.4, 0.5) is 23.2 Å². The van der Waals surface area contributed by atoms with Crippen molar-refractivity contribution in [2.24, 2.45) is 0 Å². The fraction of sp³-hybridized carbons (Fsp3) is 0.409. The summed E-state index contributed by atoms with van der Waals surface area (Å²) in [6, 6.07) is 6.58. The minimum atomic E-state index is -5.08. The Bertz CT molecular complexity index is 1080. The van der Waals surface area contributed by atoms with Crippen molar-refractivity contribution < 1.29 is 37.1 Å². The maximum Gasteiger partial charge on any atom is 0.490 e. The number of carbonyl (C=O) groups is 3. The molecule has 7 nitrogen and oxygen atoms in total. The smallest absolute Gasteiger partial charge is 0.475 e. The Kier molecular flexibility index (Phi) is 7.32. The Morgan fingerprint density at radius 2 is 1.85 bits per heavy atom. The molecular weight excluding hydrogens is 478 g/mol. The van der Waals surface area contributed by atoms with Crippen molar-refractivity contribution in [1.29, 1.82) is 0 Å². The number of alkyl halides is 3. The first-order valence-electron chi connectivity index (χ1n) is 10.2. The van der Waals surface area contributed by atoms with Gasteiger partial charge in [0.05, 0.1) is 17.8 Å². The van der Waals surface area contributed by atoms with Crippen molar-refractivity contribution in [3.8, 4) is 0 Å². The topological polar surface area (TPSA) is 81.2 Å². The van der Waals surface area contributed by atoms with E-state index in [1.807, 2.05) is 28.8 Å². The summed E-state index contributed by atoms with van der Waals surface area (Å²) < 4.78 is 45.6. The van der Waals surface area contributed by atoms with Crippen LogP contribution < -0.4 is 4.90 Å². The van der Waals surface area contributed by atoms with E-state index in [0.717, 1.165) is 12.1 Å². The van der Waals surface area contributed by atoms with Crippen LogP contribution in [-0.4, -0.2) is 77.6 Å². The van der Waals surface area contributed by atoms with Gasteiger partial charge < -0.3 is 14.9 Å². The van der Waals surface area contributed by atoms with E-state index in [4.69, 9.17) is 9.90 Å². The molecule has 184 valence electrons. The number of thiophene rings is 1. The van der Waals surface area contributed by atoms with Crippen LogP contribution in [0.2, 0.25) is 0 Å². The third kappa shape index (κ3) is 5.39. The molecule has 2 aliphatic rings. The van der Waals surface area contributed by atoms with Crippen LogP contribution in [0.15, 0.2) is 35.0 Å². The van der Waals surface area contributed by atoms with Gasteiger partial charge in [-0.2, -0.15) is 24.5 Å². The Balaban J connectivity index is 0.000000406. The fourth-order valence-corrected chi connectivity index (χ4v) is 4.63. The van der Waals surface area contributed by atoms with Crippen LogP contribution in [-0.2, 0) is 9.59 Å². The van der Waals surface area contributed by atoms with Crippen molar-refractivity contribution in [1.82, 2.24) is 9.80 Å². The standard InChI is InChI=1S/C20H22FN3O2S.C2HF3O2/c1-14-3-4-15(9-17(14)21)19(26)23-7-6-20(12-23)13-24(16-5-8-27-11-16)18(25)10-22(20)2;3-2(4,5)1(6)7/h3-5,8-9,11H,6-7,10,12-13H2,1-2H3;(H,6,7). The van der Waals surface area contributed by atoms with Gasteiger partial charge >= 0.3 is 12.1 Å². The molecule has 0 bridgehead atoms. The molecule has 1 spiro atoms. The minimum absolute atomic E-state index is 0.0758. The molecular formula is C22H23F4N3O4S. The number of halogens is 4. The van der Waals surface area contributed by atoms with Gasteiger partial charge in [0.15, 0.2) is 0 Å². The second-order valence-electron chi connectivity index (χ2n) is 8.29. The molecule has 1 aromatic carbocycles. The molecule has 0 saturated carbocycles. The van der Waals surface area contributed by atoms with Crippen LogP contribution in [0.5, 0.6) is 0 Å². The lowest BCUT2D eigenvalue weighted by Crippen LogP contribution is -2.64. The molecule has 2 aromatic rings. The summed E-state index contributed by atoms with van der Waals surface area (Å²) >= 11 is 1.56. The van der Waals surface area contributed by atoms with Gasteiger partial charge in [0.1, 0.15) is 5.82 Å². The molecule has 3 heterocycles. The molecule has 34 heavy (non-hydrogen) atoms. The van der Waals surface area contributed by atoms with E-state index >= 15 is 0 Å². The maximum atomic E-state index is 13.9. The van der Waals surface area contributed by atoms with E-state index in [2.05, 4.69) is 4.90 Å². The van der Waals surface area contributed by atoms with E-state index in [1.165, 1.54) is 6.07 Å². The molecule has 0 aliphatic carbocycles. The zero-order chi connectivity index (χ0) is 25.3. The van der Waals surface area contributed by atoms with Gasteiger partial charge in [0, 0.05) is 30.6 Å². The number of anilines is 1. The second kappa shape index (κ2) is 9.71. The predicted octanol–water partition coefficient (Wildman–Crippen LogP) is 3.39. The molecule has 2 aliphatic heterocycles. The monoisotopic (exact) mass is 501 g/mol. The number of rotatable bonds is 2. The summed E-state index contributed by atoms with van der Waals surface area (Å²) in [6.45, 7) is 3.71. The highest BCUT2D eigenvalue weighted by Gasteiger charge is 2.48. The molecule has 1 aromatic heterocycles. The minimum Gasteiger partial charge on any atom is -0.475 e. The average molecular weight is 502 g/mol. The highest BCUT2D eigenvalue weighted by Crippen LogP contribution is 2.34. The van der Waals surface area contributed by atoms with Gasteiger partial charge in [-0.25, -0.2) is 9.18 Å². The number of piperazine rings is 1. The number of aliphatic carboxylic acids is 1. The zero-order valence-electron chi connectivity index (χ0n) is 18.4. The predicted molar refractivity (Wildman–Crippen MR) is 117 cm³/mol. The van der Waals surface area contributed by atoms with Crippen molar-refractivity contribution >= 4 is 34.8 Å². The fourth-order valence-electron chi connectivity index (χ4n) is 3.98. The van der Waals surface area contributed by atoms with E-state index in [9.17, 15) is 27.2 Å². The number of likely N-dealkylation sites (N-methyl/N-ethyl adjacent to an activating group) is 1. The number of hydrogen-bond acceptors (Lipinski definition) is 5. The van der Waals surface area contributed by atoms with Gasteiger partial charge in [-0.1, -0.05) is 6.07 Å². The van der Waals surface area contributed by atoms with Gasteiger partial charge in [-0.3, -0.25) is 14.5 Å². The first-order valence-corrected chi connectivity index (χ1v) is 11.2. The Labute approximate surface area is 197 Å². The second-order valence-corrected chi connectivity index (χ2v) is 9.07. The molecule has 0 radical (unpaired) electrons. The number of carboxylic acid groups (broad SMARTS) is 1. The number of hydrogen-bond donors (Lipinski definition) is 1. The van der Waals surface area contributed by atoms with E-state index < -0.39 is 12.1 Å². The van der Waals surface area contributed by atoms with Crippen molar-refractivity contribution in [2.45, 2.75) is 25.1 Å². The number of benzene rings is 1.